The van der Waals surface area contributed by atoms with Crippen LogP contribution in [-0.4, -0.2) is 18.8 Å². The maximum Gasteiger partial charge on any atom is 0.0486 e. The second-order valence-electron chi connectivity index (χ2n) is 2.55. The Kier molecular flexibility index (Phi) is 1.88. The average molecular weight is 127 g/mol. The maximum absolute atomic E-state index is 5.86. The Balaban J connectivity index is 2.46. The molecule has 0 amide bonds. The third-order valence-corrected chi connectivity index (χ3v) is 1.83. The van der Waals surface area contributed by atoms with Gasteiger partial charge in [-0.25, -0.2) is 0 Å². The largest absolute Gasteiger partial charge is 0.381 e. The molecule has 1 rings (SSSR count). The van der Waals surface area contributed by atoms with Crippen molar-refractivity contribution >= 4 is 0 Å². The lowest BCUT2D eigenvalue weighted by molar-refractivity contribution is 0.0680. The number of hydrogen-bond acceptors (Lipinski definition) is 2. The molecule has 0 unspecified atom stereocenters. The third-order valence-electron chi connectivity index (χ3n) is 1.83. The van der Waals surface area contributed by atoms with Crippen LogP contribution in [0.3, 0.4) is 0 Å². The highest BCUT2D eigenvalue weighted by Gasteiger charge is 2.23. The molecular weight excluding hydrogens is 114 g/mol. The highest BCUT2D eigenvalue weighted by atomic mass is 16.5. The van der Waals surface area contributed by atoms with Gasteiger partial charge in [0.2, 0.25) is 0 Å². The van der Waals surface area contributed by atoms with Gasteiger partial charge in [0, 0.05) is 18.8 Å². The molecule has 0 saturated carbocycles. The van der Waals surface area contributed by atoms with Crippen molar-refractivity contribution in [2.24, 2.45) is 5.73 Å². The lowest BCUT2D eigenvalue weighted by atomic mass is 9.92. The van der Waals surface area contributed by atoms with Crippen molar-refractivity contribution in [2.45, 2.75) is 18.4 Å². The van der Waals surface area contributed by atoms with Gasteiger partial charge in [0.1, 0.15) is 0 Å². The van der Waals surface area contributed by atoms with Gasteiger partial charge in [0.05, 0.1) is 0 Å². The minimum absolute atomic E-state index is 0.141. The van der Waals surface area contributed by atoms with Crippen LogP contribution >= 0.6 is 0 Å². The summed E-state index contributed by atoms with van der Waals surface area (Å²) in [7, 11) is 0. The third kappa shape index (κ3) is 1.53. The van der Waals surface area contributed by atoms with Crippen molar-refractivity contribution in [3.05, 3.63) is 12.7 Å². The molecule has 0 aromatic heterocycles. The van der Waals surface area contributed by atoms with E-state index < -0.39 is 0 Å². The second kappa shape index (κ2) is 2.50. The topological polar surface area (TPSA) is 35.2 Å². The first kappa shape index (κ1) is 6.78. The summed E-state index contributed by atoms with van der Waals surface area (Å²) in [6.45, 7) is 5.24. The molecule has 1 aliphatic rings. The van der Waals surface area contributed by atoms with E-state index in [1.165, 1.54) is 0 Å². The zero-order valence-corrected chi connectivity index (χ0v) is 5.60. The molecule has 2 heteroatoms. The molecule has 0 bridgehead atoms. The Hall–Kier alpha value is -0.340. The number of ether oxygens (including phenoxy) is 1. The average Bonchev–Trinajstić information content (AvgIpc) is 1.90. The van der Waals surface area contributed by atoms with E-state index in [1.54, 1.807) is 0 Å². The monoisotopic (exact) mass is 127 g/mol. The van der Waals surface area contributed by atoms with Gasteiger partial charge in [-0.15, -0.1) is 6.58 Å². The SMILES string of the molecule is C=CC1(N)CCOCC1. The van der Waals surface area contributed by atoms with Gasteiger partial charge in [-0.2, -0.15) is 0 Å². The zero-order valence-electron chi connectivity index (χ0n) is 5.60. The van der Waals surface area contributed by atoms with Crippen LogP contribution in [0.1, 0.15) is 12.8 Å². The Morgan fingerprint density at radius 3 is 2.33 bits per heavy atom. The number of rotatable bonds is 1. The molecule has 0 radical (unpaired) electrons. The fourth-order valence-electron chi connectivity index (χ4n) is 0.956. The molecule has 1 fully saturated rings. The lowest BCUT2D eigenvalue weighted by Crippen LogP contribution is -2.42. The van der Waals surface area contributed by atoms with E-state index in [4.69, 9.17) is 10.5 Å². The second-order valence-corrected chi connectivity index (χ2v) is 2.55. The van der Waals surface area contributed by atoms with Gasteiger partial charge in [-0.3, -0.25) is 0 Å². The predicted octanol–water partition coefficient (Wildman–Crippen LogP) is 0.680. The van der Waals surface area contributed by atoms with E-state index in [-0.39, 0.29) is 5.54 Å². The maximum atomic E-state index is 5.86. The van der Waals surface area contributed by atoms with Gasteiger partial charge in [0.15, 0.2) is 0 Å². The van der Waals surface area contributed by atoms with Crippen LogP contribution in [0.4, 0.5) is 0 Å². The van der Waals surface area contributed by atoms with Gasteiger partial charge < -0.3 is 10.5 Å². The summed E-state index contributed by atoms with van der Waals surface area (Å²) in [4.78, 5) is 0. The predicted molar refractivity (Wildman–Crippen MR) is 37.2 cm³/mol. The van der Waals surface area contributed by atoms with Gasteiger partial charge >= 0.3 is 0 Å². The van der Waals surface area contributed by atoms with Crippen LogP contribution in [0.25, 0.3) is 0 Å². The molecule has 52 valence electrons. The molecule has 2 nitrogen and oxygen atoms in total. The van der Waals surface area contributed by atoms with Gasteiger partial charge in [-0.05, 0) is 12.8 Å². The molecular formula is C7H13NO. The minimum Gasteiger partial charge on any atom is -0.381 e. The summed E-state index contributed by atoms with van der Waals surface area (Å²) < 4.78 is 5.14. The molecule has 0 aliphatic carbocycles. The van der Waals surface area contributed by atoms with Crippen LogP contribution in [0.15, 0.2) is 12.7 Å². The quantitative estimate of drug-likeness (QED) is 0.526. The first-order chi connectivity index (χ1) is 4.27. The van der Waals surface area contributed by atoms with Crippen molar-refractivity contribution < 1.29 is 4.74 Å². The van der Waals surface area contributed by atoms with Crippen molar-refractivity contribution in [2.75, 3.05) is 13.2 Å². The van der Waals surface area contributed by atoms with E-state index in [0.29, 0.717) is 0 Å². The molecule has 1 saturated heterocycles. The molecule has 1 aliphatic heterocycles. The lowest BCUT2D eigenvalue weighted by Gasteiger charge is -2.29. The highest BCUT2D eigenvalue weighted by Crippen LogP contribution is 2.17. The molecule has 9 heavy (non-hydrogen) atoms. The number of hydrogen-bond donors (Lipinski definition) is 1. The van der Waals surface area contributed by atoms with E-state index in [2.05, 4.69) is 6.58 Å². The Morgan fingerprint density at radius 1 is 1.44 bits per heavy atom. The minimum atomic E-state index is -0.141. The van der Waals surface area contributed by atoms with E-state index >= 15 is 0 Å². The number of nitrogens with two attached hydrogens (primary N) is 1. The molecule has 2 N–H and O–H groups in total. The standard InChI is InChI=1S/C7H13NO/c1-2-7(8)3-5-9-6-4-7/h2H,1,3-6,8H2. The van der Waals surface area contributed by atoms with Crippen LogP contribution < -0.4 is 5.73 Å². The summed E-state index contributed by atoms with van der Waals surface area (Å²) in [6, 6.07) is 0. The molecule has 0 aromatic rings. The molecule has 0 aromatic carbocycles. The molecule has 0 atom stereocenters. The fourth-order valence-corrected chi connectivity index (χ4v) is 0.956. The van der Waals surface area contributed by atoms with Crippen LogP contribution in [0.5, 0.6) is 0 Å². The molecule has 0 spiro atoms. The summed E-state index contributed by atoms with van der Waals surface area (Å²) in [5.41, 5.74) is 5.72. The van der Waals surface area contributed by atoms with Gasteiger partial charge in [-0.1, -0.05) is 6.08 Å². The highest BCUT2D eigenvalue weighted by molar-refractivity contribution is 5.01. The summed E-state index contributed by atoms with van der Waals surface area (Å²) >= 11 is 0. The first-order valence-electron chi connectivity index (χ1n) is 3.27. The summed E-state index contributed by atoms with van der Waals surface area (Å²) in [5, 5.41) is 0. The van der Waals surface area contributed by atoms with Crippen LogP contribution in [0.2, 0.25) is 0 Å². The van der Waals surface area contributed by atoms with Crippen molar-refractivity contribution in [3.63, 3.8) is 0 Å². The van der Waals surface area contributed by atoms with E-state index in [1.807, 2.05) is 6.08 Å². The van der Waals surface area contributed by atoms with Crippen molar-refractivity contribution in [1.82, 2.24) is 0 Å². The Bertz CT molecular complexity index is 105. The molecule has 1 heterocycles. The fraction of sp³-hybridized carbons (Fsp3) is 0.714. The van der Waals surface area contributed by atoms with Crippen LogP contribution in [0, 0.1) is 0 Å². The first-order valence-corrected chi connectivity index (χ1v) is 3.27. The Morgan fingerprint density at radius 2 is 2.00 bits per heavy atom. The summed E-state index contributed by atoms with van der Waals surface area (Å²) in [6.07, 6.45) is 3.66. The smallest absolute Gasteiger partial charge is 0.0486 e. The zero-order chi connectivity index (χ0) is 6.74. The Labute approximate surface area is 55.7 Å². The van der Waals surface area contributed by atoms with E-state index in [0.717, 1.165) is 26.1 Å². The van der Waals surface area contributed by atoms with Gasteiger partial charge in [0.25, 0.3) is 0 Å². The summed E-state index contributed by atoms with van der Waals surface area (Å²) in [5.74, 6) is 0. The van der Waals surface area contributed by atoms with Crippen molar-refractivity contribution in [1.29, 1.82) is 0 Å². The normalized spacial score (nSPS) is 25.4. The van der Waals surface area contributed by atoms with Crippen LogP contribution in [-0.2, 0) is 4.74 Å². The van der Waals surface area contributed by atoms with Crippen molar-refractivity contribution in [3.8, 4) is 0 Å². The van der Waals surface area contributed by atoms with E-state index in [9.17, 15) is 0 Å².